The van der Waals surface area contributed by atoms with E-state index in [0.717, 1.165) is 30.8 Å². The van der Waals surface area contributed by atoms with Crippen molar-refractivity contribution in [3.63, 3.8) is 0 Å². The number of rotatable bonds is 7. The first-order chi connectivity index (χ1) is 7.74. The van der Waals surface area contributed by atoms with E-state index in [1.807, 2.05) is 25.1 Å². The Morgan fingerprint density at radius 1 is 1.19 bits per heavy atom. The molecule has 0 spiro atoms. The van der Waals surface area contributed by atoms with Gasteiger partial charge in [0.1, 0.15) is 12.4 Å². The summed E-state index contributed by atoms with van der Waals surface area (Å²) in [6.07, 6.45) is 2.26. The molecule has 0 amide bonds. The minimum Gasteiger partial charge on any atom is -0.489 e. The molecule has 0 bridgehead atoms. The third kappa shape index (κ3) is 4.53. The van der Waals surface area contributed by atoms with Crippen LogP contribution < -0.4 is 10.5 Å². The van der Waals surface area contributed by atoms with Crippen LogP contribution in [0.2, 0.25) is 0 Å². The van der Waals surface area contributed by atoms with E-state index in [2.05, 4.69) is 6.92 Å². The summed E-state index contributed by atoms with van der Waals surface area (Å²) in [6, 6.07) is 5.80. The van der Waals surface area contributed by atoms with Crippen molar-refractivity contribution < 1.29 is 9.47 Å². The molecule has 0 saturated heterocycles. The zero-order valence-electron chi connectivity index (χ0n) is 10.2. The Balaban J connectivity index is 2.21. The van der Waals surface area contributed by atoms with Gasteiger partial charge in [0.25, 0.3) is 0 Å². The second-order valence-electron chi connectivity index (χ2n) is 3.86. The van der Waals surface area contributed by atoms with Gasteiger partial charge in [0.05, 0.1) is 12.3 Å². The number of nitrogens with two attached hydrogens (primary N) is 1. The van der Waals surface area contributed by atoms with Crippen molar-refractivity contribution in [2.24, 2.45) is 0 Å². The van der Waals surface area contributed by atoms with E-state index < -0.39 is 0 Å². The highest BCUT2D eigenvalue weighted by Gasteiger charge is 1.99. The van der Waals surface area contributed by atoms with Gasteiger partial charge < -0.3 is 15.2 Å². The fourth-order valence-electron chi connectivity index (χ4n) is 1.36. The Kier molecular flexibility index (Phi) is 5.72. The third-order valence-corrected chi connectivity index (χ3v) is 2.29. The molecule has 0 radical (unpaired) electrons. The summed E-state index contributed by atoms with van der Waals surface area (Å²) in [5, 5.41) is 0. The second-order valence-corrected chi connectivity index (χ2v) is 3.86. The Morgan fingerprint density at radius 2 is 2.00 bits per heavy atom. The molecule has 0 saturated carbocycles. The SMILES string of the molecule is CCCCOCCOc1ccc(C)cc1N. The topological polar surface area (TPSA) is 44.5 Å². The molecule has 0 heterocycles. The molecule has 0 aliphatic carbocycles. The molecule has 2 N–H and O–H groups in total. The van der Waals surface area contributed by atoms with Crippen molar-refractivity contribution >= 4 is 5.69 Å². The smallest absolute Gasteiger partial charge is 0.142 e. The number of unbranched alkanes of at least 4 members (excludes halogenated alkanes) is 1. The third-order valence-electron chi connectivity index (χ3n) is 2.29. The largest absolute Gasteiger partial charge is 0.489 e. The molecule has 16 heavy (non-hydrogen) atoms. The molecule has 3 heteroatoms. The molecule has 3 nitrogen and oxygen atoms in total. The maximum absolute atomic E-state index is 5.82. The summed E-state index contributed by atoms with van der Waals surface area (Å²) in [6.45, 7) is 6.13. The summed E-state index contributed by atoms with van der Waals surface area (Å²) in [4.78, 5) is 0. The summed E-state index contributed by atoms with van der Waals surface area (Å²) >= 11 is 0. The van der Waals surface area contributed by atoms with Crippen molar-refractivity contribution in [3.05, 3.63) is 23.8 Å². The van der Waals surface area contributed by atoms with Gasteiger partial charge in [-0.15, -0.1) is 0 Å². The molecule has 0 aromatic heterocycles. The van der Waals surface area contributed by atoms with Crippen LogP contribution in [0.4, 0.5) is 5.69 Å². The summed E-state index contributed by atoms with van der Waals surface area (Å²) in [7, 11) is 0. The quantitative estimate of drug-likeness (QED) is 0.571. The zero-order chi connectivity index (χ0) is 11.8. The summed E-state index contributed by atoms with van der Waals surface area (Å²) in [5.41, 5.74) is 7.65. The Hall–Kier alpha value is -1.22. The van der Waals surface area contributed by atoms with Crippen molar-refractivity contribution in [1.82, 2.24) is 0 Å². The Labute approximate surface area is 97.6 Å². The monoisotopic (exact) mass is 223 g/mol. The van der Waals surface area contributed by atoms with E-state index in [4.69, 9.17) is 15.2 Å². The fourth-order valence-corrected chi connectivity index (χ4v) is 1.36. The average Bonchev–Trinajstić information content (AvgIpc) is 2.26. The van der Waals surface area contributed by atoms with Gasteiger partial charge >= 0.3 is 0 Å². The Bertz CT molecular complexity index is 313. The number of aryl methyl sites for hydroxylation is 1. The number of benzene rings is 1. The average molecular weight is 223 g/mol. The van der Waals surface area contributed by atoms with Crippen molar-refractivity contribution in [3.8, 4) is 5.75 Å². The maximum atomic E-state index is 5.82. The van der Waals surface area contributed by atoms with Crippen LogP contribution in [-0.4, -0.2) is 19.8 Å². The molecule has 0 aliphatic rings. The van der Waals surface area contributed by atoms with Gasteiger partial charge in [-0.25, -0.2) is 0 Å². The minimum atomic E-state index is 0.553. The molecule has 0 atom stereocenters. The van der Waals surface area contributed by atoms with E-state index in [1.54, 1.807) is 0 Å². The number of ether oxygens (including phenoxy) is 2. The molecule has 90 valence electrons. The first-order valence-electron chi connectivity index (χ1n) is 5.80. The fraction of sp³-hybridized carbons (Fsp3) is 0.538. The van der Waals surface area contributed by atoms with E-state index in [1.165, 1.54) is 0 Å². The van der Waals surface area contributed by atoms with Crippen LogP contribution in [0.3, 0.4) is 0 Å². The summed E-state index contributed by atoms with van der Waals surface area (Å²) in [5.74, 6) is 0.740. The van der Waals surface area contributed by atoms with Gasteiger partial charge in [0, 0.05) is 6.61 Å². The Morgan fingerprint density at radius 3 is 2.69 bits per heavy atom. The lowest BCUT2D eigenvalue weighted by molar-refractivity contribution is 0.0983. The normalized spacial score (nSPS) is 10.4. The van der Waals surface area contributed by atoms with Gasteiger partial charge in [0.15, 0.2) is 0 Å². The van der Waals surface area contributed by atoms with Crippen LogP contribution in [0.5, 0.6) is 5.75 Å². The van der Waals surface area contributed by atoms with Crippen molar-refractivity contribution in [2.75, 3.05) is 25.6 Å². The van der Waals surface area contributed by atoms with E-state index in [0.29, 0.717) is 18.9 Å². The molecular formula is C13H21NO2. The zero-order valence-corrected chi connectivity index (χ0v) is 10.2. The van der Waals surface area contributed by atoms with Crippen LogP contribution >= 0.6 is 0 Å². The van der Waals surface area contributed by atoms with Crippen LogP contribution in [0.25, 0.3) is 0 Å². The first kappa shape index (κ1) is 12.8. The number of hydrogen-bond donors (Lipinski definition) is 1. The molecule has 0 aliphatic heterocycles. The van der Waals surface area contributed by atoms with Gasteiger partial charge in [-0.3, -0.25) is 0 Å². The van der Waals surface area contributed by atoms with E-state index in [-0.39, 0.29) is 0 Å². The highest BCUT2D eigenvalue weighted by molar-refractivity contribution is 5.53. The standard InChI is InChI=1S/C13H21NO2/c1-3-4-7-15-8-9-16-13-6-5-11(2)10-12(13)14/h5-6,10H,3-4,7-9,14H2,1-2H3. The van der Waals surface area contributed by atoms with Crippen LogP contribution in [0, 0.1) is 6.92 Å². The van der Waals surface area contributed by atoms with Crippen molar-refractivity contribution in [2.45, 2.75) is 26.7 Å². The molecule has 1 aromatic rings. The predicted molar refractivity (Wildman–Crippen MR) is 66.8 cm³/mol. The second kappa shape index (κ2) is 7.12. The number of nitrogen functional groups attached to an aromatic ring is 1. The maximum Gasteiger partial charge on any atom is 0.142 e. The van der Waals surface area contributed by atoms with Gasteiger partial charge in [-0.1, -0.05) is 19.4 Å². The molecular weight excluding hydrogens is 202 g/mol. The lowest BCUT2D eigenvalue weighted by Gasteiger charge is -2.09. The number of anilines is 1. The van der Waals surface area contributed by atoms with E-state index in [9.17, 15) is 0 Å². The van der Waals surface area contributed by atoms with Crippen LogP contribution in [0.15, 0.2) is 18.2 Å². The lowest BCUT2D eigenvalue weighted by atomic mass is 10.2. The van der Waals surface area contributed by atoms with E-state index >= 15 is 0 Å². The highest BCUT2D eigenvalue weighted by Crippen LogP contribution is 2.21. The first-order valence-corrected chi connectivity index (χ1v) is 5.80. The molecule has 0 unspecified atom stereocenters. The highest BCUT2D eigenvalue weighted by atomic mass is 16.5. The van der Waals surface area contributed by atoms with Crippen LogP contribution in [0.1, 0.15) is 25.3 Å². The minimum absolute atomic E-state index is 0.553. The predicted octanol–water partition coefficient (Wildman–Crippen LogP) is 2.77. The van der Waals surface area contributed by atoms with Gasteiger partial charge in [-0.05, 0) is 31.0 Å². The summed E-state index contributed by atoms with van der Waals surface area (Å²) < 4.78 is 10.9. The number of hydrogen-bond acceptors (Lipinski definition) is 3. The van der Waals surface area contributed by atoms with Gasteiger partial charge in [0.2, 0.25) is 0 Å². The van der Waals surface area contributed by atoms with Crippen LogP contribution in [-0.2, 0) is 4.74 Å². The van der Waals surface area contributed by atoms with Gasteiger partial charge in [-0.2, -0.15) is 0 Å². The molecule has 0 fully saturated rings. The van der Waals surface area contributed by atoms with Crippen molar-refractivity contribution in [1.29, 1.82) is 0 Å². The molecule has 1 aromatic carbocycles. The molecule has 1 rings (SSSR count). The lowest BCUT2D eigenvalue weighted by Crippen LogP contribution is -2.08.